The number of carbonyl (C=O) groups is 1. The van der Waals surface area contributed by atoms with Crippen molar-refractivity contribution in [3.63, 3.8) is 0 Å². The van der Waals surface area contributed by atoms with Gasteiger partial charge in [-0.25, -0.2) is 9.67 Å². The van der Waals surface area contributed by atoms with Gasteiger partial charge in [0.2, 0.25) is 5.88 Å². The lowest BCUT2D eigenvalue weighted by molar-refractivity contribution is 0.102. The summed E-state index contributed by atoms with van der Waals surface area (Å²) in [6.07, 6.45) is 3.86. The van der Waals surface area contributed by atoms with Crippen molar-refractivity contribution in [1.29, 1.82) is 0 Å². The fourth-order valence-corrected chi connectivity index (χ4v) is 2.59. The molecule has 6 nitrogen and oxygen atoms in total. The molecule has 0 aliphatic heterocycles. The Bertz CT molecular complexity index is 867. The van der Waals surface area contributed by atoms with E-state index in [0.717, 1.165) is 11.4 Å². The number of nitrogens with zero attached hydrogens (tertiary/aromatic N) is 3. The molecule has 0 bridgehead atoms. The van der Waals surface area contributed by atoms with Gasteiger partial charge < -0.3 is 10.1 Å². The number of methoxy groups -OCH3 is 1. The van der Waals surface area contributed by atoms with E-state index in [9.17, 15) is 4.79 Å². The average molecular weight is 336 g/mol. The molecule has 1 aromatic carbocycles. The Morgan fingerprint density at radius 1 is 1.16 bits per heavy atom. The summed E-state index contributed by atoms with van der Waals surface area (Å²) in [6.45, 7) is 4.04. The lowest BCUT2D eigenvalue weighted by Crippen LogP contribution is -2.14. The molecule has 2 aromatic heterocycles. The molecule has 25 heavy (non-hydrogen) atoms. The number of ether oxygens (including phenoxy) is 1. The van der Waals surface area contributed by atoms with Gasteiger partial charge in [0.25, 0.3) is 5.91 Å². The number of hydrogen-bond donors (Lipinski definition) is 1. The van der Waals surface area contributed by atoms with Crippen LogP contribution in [0.5, 0.6) is 5.88 Å². The van der Waals surface area contributed by atoms with Crippen molar-refractivity contribution in [3.8, 4) is 11.6 Å². The number of hydrogen-bond acceptors (Lipinski definition) is 4. The van der Waals surface area contributed by atoms with Crippen LogP contribution in [0, 0.1) is 6.92 Å². The Hall–Kier alpha value is -3.15. The highest BCUT2D eigenvalue weighted by Crippen LogP contribution is 2.18. The molecule has 128 valence electrons. The molecule has 6 heteroatoms. The second-order valence-electron chi connectivity index (χ2n) is 5.65. The number of benzene rings is 1. The number of aryl methyl sites for hydroxylation is 1. The maximum atomic E-state index is 12.6. The topological polar surface area (TPSA) is 69.0 Å². The Balaban J connectivity index is 1.86. The number of aromatic nitrogens is 3. The summed E-state index contributed by atoms with van der Waals surface area (Å²) in [4.78, 5) is 16.7. The molecule has 3 aromatic rings. The van der Waals surface area contributed by atoms with Gasteiger partial charge in [0.05, 0.1) is 42.1 Å². The monoisotopic (exact) mass is 336 g/mol. The van der Waals surface area contributed by atoms with Crippen LogP contribution in [-0.2, 0) is 6.42 Å². The number of amides is 1. The van der Waals surface area contributed by atoms with Crippen molar-refractivity contribution in [3.05, 3.63) is 65.6 Å². The summed E-state index contributed by atoms with van der Waals surface area (Å²) in [5, 5.41) is 7.24. The summed E-state index contributed by atoms with van der Waals surface area (Å²) in [5.41, 5.74) is 4.14. The van der Waals surface area contributed by atoms with Gasteiger partial charge in [-0.3, -0.25) is 4.79 Å². The SMILES string of the molecule is CCc1c(C(=O)Nc2ccc(OC)nc2)cnn1-c1ccc(C)cc1. The van der Waals surface area contributed by atoms with Crippen molar-refractivity contribution in [2.75, 3.05) is 12.4 Å². The largest absolute Gasteiger partial charge is 0.481 e. The van der Waals surface area contributed by atoms with Crippen LogP contribution >= 0.6 is 0 Å². The van der Waals surface area contributed by atoms with Gasteiger partial charge in [0.1, 0.15) is 0 Å². The molecular weight excluding hydrogens is 316 g/mol. The number of pyridine rings is 1. The van der Waals surface area contributed by atoms with Crippen LogP contribution in [0.3, 0.4) is 0 Å². The molecule has 0 saturated carbocycles. The first-order chi connectivity index (χ1) is 12.1. The van der Waals surface area contributed by atoms with Crippen molar-refractivity contribution >= 4 is 11.6 Å². The lowest BCUT2D eigenvalue weighted by Gasteiger charge is -2.09. The van der Waals surface area contributed by atoms with Gasteiger partial charge in [0.15, 0.2) is 0 Å². The minimum Gasteiger partial charge on any atom is -0.481 e. The maximum Gasteiger partial charge on any atom is 0.259 e. The Kier molecular flexibility index (Phi) is 4.79. The molecule has 1 N–H and O–H groups in total. The van der Waals surface area contributed by atoms with E-state index in [-0.39, 0.29) is 5.91 Å². The highest BCUT2D eigenvalue weighted by Gasteiger charge is 2.17. The molecule has 0 saturated heterocycles. The maximum absolute atomic E-state index is 12.6. The van der Waals surface area contributed by atoms with Crippen molar-refractivity contribution in [1.82, 2.24) is 14.8 Å². The Morgan fingerprint density at radius 3 is 2.52 bits per heavy atom. The highest BCUT2D eigenvalue weighted by atomic mass is 16.5. The third kappa shape index (κ3) is 3.52. The predicted molar refractivity (Wildman–Crippen MR) is 96.4 cm³/mol. The van der Waals surface area contributed by atoms with Crippen molar-refractivity contribution in [2.24, 2.45) is 0 Å². The smallest absolute Gasteiger partial charge is 0.259 e. The molecule has 0 aliphatic rings. The highest BCUT2D eigenvalue weighted by molar-refractivity contribution is 6.05. The van der Waals surface area contributed by atoms with E-state index in [1.165, 1.54) is 5.56 Å². The normalized spacial score (nSPS) is 10.5. The van der Waals surface area contributed by atoms with E-state index in [2.05, 4.69) is 15.4 Å². The van der Waals surface area contributed by atoms with Gasteiger partial charge in [-0.05, 0) is 31.5 Å². The second-order valence-corrected chi connectivity index (χ2v) is 5.65. The van der Waals surface area contributed by atoms with E-state index in [1.54, 1.807) is 36.3 Å². The van der Waals surface area contributed by atoms with E-state index in [4.69, 9.17) is 4.74 Å². The van der Waals surface area contributed by atoms with Gasteiger partial charge in [-0.15, -0.1) is 0 Å². The van der Waals surface area contributed by atoms with Crippen LogP contribution in [0.15, 0.2) is 48.8 Å². The summed E-state index contributed by atoms with van der Waals surface area (Å²) in [5.74, 6) is 0.293. The summed E-state index contributed by atoms with van der Waals surface area (Å²) in [6, 6.07) is 11.5. The minimum atomic E-state index is -0.206. The van der Waals surface area contributed by atoms with Crippen LogP contribution in [0.1, 0.15) is 28.5 Å². The zero-order valence-corrected chi connectivity index (χ0v) is 14.5. The zero-order valence-electron chi connectivity index (χ0n) is 14.5. The predicted octanol–water partition coefficient (Wildman–Crippen LogP) is 3.40. The fourth-order valence-electron chi connectivity index (χ4n) is 2.59. The molecule has 0 fully saturated rings. The molecule has 0 atom stereocenters. The van der Waals surface area contributed by atoms with Crippen LogP contribution in [-0.4, -0.2) is 27.8 Å². The first-order valence-corrected chi connectivity index (χ1v) is 8.07. The quantitative estimate of drug-likeness (QED) is 0.775. The molecule has 0 unspecified atom stereocenters. The number of carbonyl (C=O) groups excluding carboxylic acids is 1. The molecule has 2 heterocycles. The van der Waals surface area contributed by atoms with Crippen LogP contribution in [0.25, 0.3) is 5.69 Å². The first-order valence-electron chi connectivity index (χ1n) is 8.07. The Labute approximate surface area is 146 Å². The summed E-state index contributed by atoms with van der Waals surface area (Å²) < 4.78 is 6.83. The summed E-state index contributed by atoms with van der Waals surface area (Å²) >= 11 is 0. The molecule has 0 radical (unpaired) electrons. The van der Waals surface area contributed by atoms with Crippen LogP contribution in [0.2, 0.25) is 0 Å². The van der Waals surface area contributed by atoms with Crippen LogP contribution in [0.4, 0.5) is 5.69 Å². The third-order valence-corrected chi connectivity index (χ3v) is 3.93. The Morgan fingerprint density at radius 2 is 1.92 bits per heavy atom. The second kappa shape index (κ2) is 7.17. The fraction of sp³-hybridized carbons (Fsp3) is 0.211. The van der Waals surface area contributed by atoms with E-state index < -0.39 is 0 Å². The number of nitrogens with one attached hydrogen (secondary N) is 1. The summed E-state index contributed by atoms with van der Waals surface area (Å²) in [7, 11) is 1.55. The average Bonchev–Trinajstić information content (AvgIpc) is 3.07. The number of rotatable bonds is 5. The van der Waals surface area contributed by atoms with Crippen molar-refractivity contribution < 1.29 is 9.53 Å². The van der Waals surface area contributed by atoms with Crippen molar-refractivity contribution in [2.45, 2.75) is 20.3 Å². The third-order valence-electron chi connectivity index (χ3n) is 3.93. The molecule has 0 aliphatic carbocycles. The zero-order chi connectivity index (χ0) is 17.8. The van der Waals surface area contributed by atoms with E-state index >= 15 is 0 Å². The van der Waals surface area contributed by atoms with Gasteiger partial charge in [-0.2, -0.15) is 5.10 Å². The van der Waals surface area contributed by atoms with E-state index in [1.807, 2.05) is 38.1 Å². The van der Waals surface area contributed by atoms with Gasteiger partial charge in [0, 0.05) is 6.07 Å². The number of anilines is 1. The first kappa shape index (κ1) is 16.7. The standard InChI is InChI=1S/C19H20N4O2/c1-4-17-16(12-21-23(17)15-8-5-13(2)6-9-15)19(24)22-14-7-10-18(25-3)20-11-14/h5-12H,4H2,1-3H3,(H,22,24). The van der Waals surface area contributed by atoms with E-state index in [0.29, 0.717) is 23.6 Å². The lowest BCUT2D eigenvalue weighted by atomic mass is 10.1. The molecule has 0 spiro atoms. The minimum absolute atomic E-state index is 0.206. The van der Waals surface area contributed by atoms with Gasteiger partial charge in [-0.1, -0.05) is 24.6 Å². The van der Waals surface area contributed by atoms with Crippen LogP contribution < -0.4 is 10.1 Å². The van der Waals surface area contributed by atoms with Gasteiger partial charge >= 0.3 is 0 Å². The molecule has 1 amide bonds. The molecule has 3 rings (SSSR count). The molecular formula is C19H20N4O2.